The standard InChI is InChI=1S/C25H38N6O2/c1-20(2)14-23-16-30(28-26-23)10-12-32-18-21-6-8-22(9-7-21)19-33-13-11-31-17-24(27-29-31)15-25(3,4)5/h6-9,16-17,20H,10-15,18-19H2,1-5H3. The molecule has 0 radical (unpaired) electrons. The Bertz CT molecular complexity index is 956. The van der Waals surface area contributed by atoms with Crippen molar-refractivity contribution in [2.45, 2.75) is 73.8 Å². The Morgan fingerprint density at radius 2 is 1.27 bits per heavy atom. The number of aromatic nitrogens is 6. The van der Waals surface area contributed by atoms with Crippen molar-refractivity contribution < 1.29 is 9.47 Å². The zero-order valence-corrected chi connectivity index (χ0v) is 20.7. The van der Waals surface area contributed by atoms with Gasteiger partial charge in [0.05, 0.1) is 50.9 Å². The lowest BCUT2D eigenvalue weighted by molar-refractivity contribution is 0.108. The molecule has 0 saturated carbocycles. The van der Waals surface area contributed by atoms with Gasteiger partial charge in [-0.25, -0.2) is 9.36 Å². The number of rotatable bonds is 13. The van der Waals surface area contributed by atoms with Crippen molar-refractivity contribution in [1.82, 2.24) is 30.0 Å². The second-order valence-electron chi connectivity index (χ2n) is 10.2. The lowest BCUT2D eigenvalue weighted by Gasteiger charge is -2.15. The first-order valence-electron chi connectivity index (χ1n) is 11.8. The van der Waals surface area contributed by atoms with Crippen molar-refractivity contribution in [2.24, 2.45) is 11.3 Å². The van der Waals surface area contributed by atoms with Crippen LogP contribution in [0.4, 0.5) is 0 Å². The normalized spacial score (nSPS) is 12.1. The molecule has 2 heterocycles. The predicted octanol–water partition coefficient (Wildman–Crippen LogP) is 4.09. The molecule has 33 heavy (non-hydrogen) atoms. The van der Waals surface area contributed by atoms with E-state index in [4.69, 9.17) is 9.47 Å². The Balaban J connectivity index is 1.30. The molecular formula is C25H38N6O2. The summed E-state index contributed by atoms with van der Waals surface area (Å²) in [6.07, 6.45) is 5.89. The van der Waals surface area contributed by atoms with Gasteiger partial charge in [-0.15, -0.1) is 10.2 Å². The minimum absolute atomic E-state index is 0.211. The van der Waals surface area contributed by atoms with E-state index in [2.05, 4.69) is 79.5 Å². The van der Waals surface area contributed by atoms with Gasteiger partial charge in [0.1, 0.15) is 0 Å². The maximum Gasteiger partial charge on any atom is 0.0832 e. The van der Waals surface area contributed by atoms with Crippen LogP contribution < -0.4 is 0 Å². The molecule has 0 unspecified atom stereocenters. The molecule has 3 aromatic rings. The SMILES string of the molecule is CC(C)Cc1cn(CCOCc2ccc(COCCn3cc(CC(C)(C)C)nn3)cc2)nn1. The molecule has 0 bridgehead atoms. The summed E-state index contributed by atoms with van der Waals surface area (Å²) in [7, 11) is 0. The summed E-state index contributed by atoms with van der Waals surface area (Å²) in [5.74, 6) is 0.583. The van der Waals surface area contributed by atoms with E-state index in [1.165, 1.54) is 0 Å². The van der Waals surface area contributed by atoms with Crippen molar-refractivity contribution in [3.05, 3.63) is 59.2 Å². The Kier molecular flexibility index (Phi) is 9.14. The third-order valence-corrected chi connectivity index (χ3v) is 4.99. The van der Waals surface area contributed by atoms with Crippen molar-refractivity contribution in [3.63, 3.8) is 0 Å². The number of nitrogens with zero attached hydrogens (tertiary/aromatic N) is 6. The summed E-state index contributed by atoms with van der Waals surface area (Å²) >= 11 is 0. The van der Waals surface area contributed by atoms with Gasteiger partial charge < -0.3 is 9.47 Å². The van der Waals surface area contributed by atoms with E-state index in [1.54, 1.807) is 0 Å². The van der Waals surface area contributed by atoms with Gasteiger partial charge in [0.2, 0.25) is 0 Å². The maximum absolute atomic E-state index is 5.81. The third kappa shape index (κ3) is 9.43. The van der Waals surface area contributed by atoms with Crippen LogP contribution in [0.3, 0.4) is 0 Å². The first kappa shape index (κ1) is 25.1. The fraction of sp³-hybridized carbons (Fsp3) is 0.600. The first-order chi connectivity index (χ1) is 15.8. The van der Waals surface area contributed by atoms with E-state index in [1.807, 2.05) is 21.8 Å². The number of ether oxygens (including phenoxy) is 2. The quantitative estimate of drug-likeness (QED) is 0.362. The molecule has 180 valence electrons. The van der Waals surface area contributed by atoms with Gasteiger partial charge in [-0.05, 0) is 35.3 Å². The molecular weight excluding hydrogens is 416 g/mol. The summed E-state index contributed by atoms with van der Waals surface area (Å²) in [5.41, 5.74) is 4.56. The number of hydrogen-bond acceptors (Lipinski definition) is 6. The monoisotopic (exact) mass is 454 g/mol. The van der Waals surface area contributed by atoms with E-state index in [9.17, 15) is 0 Å². The van der Waals surface area contributed by atoms with Gasteiger partial charge in [0, 0.05) is 12.4 Å². The van der Waals surface area contributed by atoms with Crippen molar-refractivity contribution in [1.29, 1.82) is 0 Å². The van der Waals surface area contributed by atoms with Crippen LogP contribution in [0.5, 0.6) is 0 Å². The molecule has 0 spiro atoms. The van der Waals surface area contributed by atoms with Crippen LogP contribution in [0.25, 0.3) is 0 Å². The van der Waals surface area contributed by atoms with Gasteiger partial charge in [-0.2, -0.15) is 0 Å². The molecule has 0 N–H and O–H groups in total. The Labute approximate surface area is 197 Å². The molecule has 0 amide bonds. The fourth-order valence-electron chi connectivity index (χ4n) is 3.46. The van der Waals surface area contributed by atoms with Crippen LogP contribution in [-0.2, 0) is 48.6 Å². The predicted molar refractivity (Wildman–Crippen MR) is 127 cm³/mol. The van der Waals surface area contributed by atoms with Crippen LogP contribution in [0.1, 0.15) is 57.1 Å². The van der Waals surface area contributed by atoms with E-state index in [-0.39, 0.29) is 5.41 Å². The van der Waals surface area contributed by atoms with Crippen LogP contribution in [-0.4, -0.2) is 43.2 Å². The Hall–Kier alpha value is -2.58. The Morgan fingerprint density at radius 3 is 1.76 bits per heavy atom. The molecule has 8 heteroatoms. The molecule has 0 fully saturated rings. The van der Waals surface area contributed by atoms with Gasteiger partial charge >= 0.3 is 0 Å². The lowest BCUT2D eigenvalue weighted by Crippen LogP contribution is -2.09. The smallest absolute Gasteiger partial charge is 0.0832 e. The second kappa shape index (κ2) is 12.0. The fourth-order valence-corrected chi connectivity index (χ4v) is 3.46. The molecule has 0 atom stereocenters. The second-order valence-corrected chi connectivity index (χ2v) is 10.2. The molecule has 0 aliphatic carbocycles. The third-order valence-electron chi connectivity index (χ3n) is 4.99. The van der Waals surface area contributed by atoms with Gasteiger partial charge in [-0.1, -0.05) is 69.3 Å². The number of hydrogen-bond donors (Lipinski definition) is 0. The summed E-state index contributed by atoms with van der Waals surface area (Å²) < 4.78 is 15.3. The summed E-state index contributed by atoms with van der Waals surface area (Å²) in [6.45, 7) is 14.8. The maximum atomic E-state index is 5.81. The largest absolute Gasteiger partial charge is 0.375 e. The Morgan fingerprint density at radius 1 is 0.788 bits per heavy atom. The van der Waals surface area contributed by atoms with Crippen molar-refractivity contribution in [2.75, 3.05) is 13.2 Å². The van der Waals surface area contributed by atoms with Crippen molar-refractivity contribution in [3.8, 4) is 0 Å². The molecule has 1 aromatic carbocycles. The highest BCUT2D eigenvalue weighted by Gasteiger charge is 2.13. The zero-order chi connectivity index (χ0) is 23.7. The minimum atomic E-state index is 0.211. The minimum Gasteiger partial charge on any atom is -0.375 e. The molecule has 2 aromatic heterocycles. The average molecular weight is 455 g/mol. The summed E-state index contributed by atoms with van der Waals surface area (Å²) in [4.78, 5) is 0. The van der Waals surface area contributed by atoms with Gasteiger partial charge in [0.15, 0.2) is 0 Å². The molecule has 0 aliphatic rings. The van der Waals surface area contributed by atoms with Crippen LogP contribution in [0.15, 0.2) is 36.7 Å². The van der Waals surface area contributed by atoms with E-state index in [0.29, 0.717) is 45.4 Å². The van der Waals surface area contributed by atoms with E-state index in [0.717, 1.165) is 35.4 Å². The topological polar surface area (TPSA) is 79.9 Å². The van der Waals surface area contributed by atoms with Crippen LogP contribution in [0.2, 0.25) is 0 Å². The van der Waals surface area contributed by atoms with Gasteiger partial charge in [0.25, 0.3) is 0 Å². The molecule has 3 rings (SSSR count). The van der Waals surface area contributed by atoms with Gasteiger partial charge in [-0.3, -0.25) is 0 Å². The number of benzene rings is 1. The first-order valence-corrected chi connectivity index (χ1v) is 11.8. The zero-order valence-electron chi connectivity index (χ0n) is 20.7. The van der Waals surface area contributed by atoms with E-state index < -0.39 is 0 Å². The molecule has 0 saturated heterocycles. The van der Waals surface area contributed by atoms with Crippen LogP contribution in [0, 0.1) is 11.3 Å². The highest BCUT2D eigenvalue weighted by molar-refractivity contribution is 5.21. The average Bonchev–Trinajstić information content (AvgIpc) is 3.37. The summed E-state index contributed by atoms with van der Waals surface area (Å²) in [6, 6.07) is 8.35. The molecule has 8 nitrogen and oxygen atoms in total. The van der Waals surface area contributed by atoms with Crippen LogP contribution >= 0.6 is 0 Å². The highest BCUT2D eigenvalue weighted by atomic mass is 16.5. The highest BCUT2D eigenvalue weighted by Crippen LogP contribution is 2.18. The molecule has 0 aliphatic heterocycles. The lowest BCUT2D eigenvalue weighted by atomic mass is 9.91. The van der Waals surface area contributed by atoms with Crippen molar-refractivity contribution >= 4 is 0 Å². The van der Waals surface area contributed by atoms with E-state index >= 15 is 0 Å². The summed E-state index contributed by atoms with van der Waals surface area (Å²) in [5, 5.41) is 16.8.